The van der Waals surface area contributed by atoms with Gasteiger partial charge in [0, 0.05) is 19.2 Å². The fourth-order valence-electron chi connectivity index (χ4n) is 1.11. The summed E-state index contributed by atoms with van der Waals surface area (Å²) in [6, 6.07) is 10.2. The molecule has 0 aromatic heterocycles. The Kier molecular flexibility index (Phi) is 4.77. The van der Waals surface area contributed by atoms with Crippen LogP contribution in [0.4, 0.5) is 0 Å². The van der Waals surface area contributed by atoms with Crippen molar-refractivity contribution in [2.75, 3.05) is 7.05 Å². The topological polar surface area (TPSA) is 36.4 Å². The minimum atomic E-state index is 0.276. The number of rotatable bonds is 3. The van der Waals surface area contributed by atoms with E-state index >= 15 is 0 Å². The summed E-state index contributed by atoms with van der Waals surface area (Å²) in [5, 5.41) is 7.34. The van der Waals surface area contributed by atoms with Crippen molar-refractivity contribution in [3.63, 3.8) is 0 Å². The van der Waals surface area contributed by atoms with Crippen LogP contribution in [0.5, 0.6) is 0 Å². The van der Waals surface area contributed by atoms with Crippen molar-refractivity contribution >= 4 is 23.5 Å². The molecule has 0 aliphatic carbocycles. The summed E-state index contributed by atoms with van der Waals surface area (Å²) in [5.41, 5.74) is 3.96. The molecule has 0 saturated carbocycles. The van der Waals surface area contributed by atoms with Crippen LogP contribution in [0.1, 0.15) is 18.4 Å². The molecule has 0 radical (unpaired) electrons. The monoisotopic (exact) mass is 221 g/mol. The zero-order valence-corrected chi connectivity index (χ0v) is 9.71. The fraction of sp³-hybridized carbons (Fsp3) is 0.273. The Morgan fingerprint density at radius 1 is 1.40 bits per heavy atom. The molecule has 2 N–H and O–H groups in total. The van der Waals surface area contributed by atoms with Gasteiger partial charge in [0.25, 0.3) is 0 Å². The highest BCUT2D eigenvalue weighted by molar-refractivity contribution is 7.80. The second-order valence-electron chi connectivity index (χ2n) is 3.17. The zero-order chi connectivity index (χ0) is 11.1. The molecule has 0 aliphatic rings. The molecule has 1 aromatic carbocycles. The maximum absolute atomic E-state index is 4.89. The second-order valence-corrected chi connectivity index (χ2v) is 3.58. The first-order valence-electron chi connectivity index (χ1n) is 4.80. The van der Waals surface area contributed by atoms with Crippen LogP contribution < -0.4 is 10.7 Å². The average Bonchev–Trinajstić information content (AvgIpc) is 2.29. The van der Waals surface area contributed by atoms with Gasteiger partial charge in [-0.15, -0.1) is 0 Å². The smallest absolute Gasteiger partial charge is 0.186 e. The number of hydrazone groups is 1. The number of nitrogens with zero attached hydrogens (tertiary/aromatic N) is 1. The van der Waals surface area contributed by atoms with E-state index in [9.17, 15) is 0 Å². The molecule has 0 spiro atoms. The summed E-state index contributed by atoms with van der Waals surface area (Å²) in [7, 11) is 1.76. The summed E-state index contributed by atoms with van der Waals surface area (Å²) in [5.74, 6) is 0.276. The van der Waals surface area contributed by atoms with Crippen molar-refractivity contribution in [1.82, 2.24) is 10.7 Å². The summed E-state index contributed by atoms with van der Waals surface area (Å²) in [4.78, 5) is 0. The molecule has 0 fully saturated rings. The van der Waals surface area contributed by atoms with Gasteiger partial charge < -0.3 is 5.32 Å². The maximum atomic E-state index is 4.89. The molecule has 0 aliphatic heterocycles. The van der Waals surface area contributed by atoms with Crippen LogP contribution >= 0.6 is 12.2 Å². The Labute approximate surface area is 95.6 Å². The molecule has 0 saturated heterocycles. The quantitative estimate of drug-likeness (QED) is 0.465. The third-order valence-corrected chi connectivity index (χ3v) is 2.31. The number of hydrogen-bond donors (Lipinski definition) is 2. The van der Waals surface area contributed by atoms with Crippen LogP contribution in [0.15, 0.2) is 35.4 Å². The van der Waals surface area contributed by atoms with Crippen molar-refractivity contribution in [1.29, 1.82) is 0 Å². The molecule has 1 aromatic rings. The van der Waals surface area contributed by atoms with Crippen LogP contribution in [0.25, 0.3) is 0 Å². The summed E-state index contributed by atoms with van der Waals surface area (Å²) >= 11 is 4.89. The molecule has 0 heterocycles. The standard InChI is InChI=1S/C11H15N3S/c1-9(8-13-14-11(15)12-2)10-6-4-3-5-7-10/h3-9H,1-2H3,(H2,12,14,15)/t9-/m1/s1. The van der Waals surface area contributed by atoms with E-state index in [0.29, 0.717) is 5.11 Å². The predicted molar refractivity (Wildman–Crippen MR) is 68.1 cm³/mol. The molecule has 3 nitrogen and oxygen atoms in total. The molecule has 1 rings (SSSR count). The first-order valence-corrected chi connectivity index (χ1v) is 5.20. The van der Waals surface area contributed by atoms with Crippen LogP contribution in [0, 0.1) is 0 Å². The molecule has 1 atom stereocenters. The molecule has 0 unspecified atom stereocenters. The van der Waals surface area contributed by atoms with Gasteiger partial charge in [-0.1, -0.05) is 37.3 Å². The SMILES string of the molecule is CNC(=S)NN=C[C@@H](C)c1ccccc1. The van der Waals surface area contributed by atoms with Gasteiger partial charge in [-0.05, 0) is 17.8 Å². The van der Waals surface area contributed by atoms with Gasteiger partial charge in [-0.25, -0.2) is 0 Å². The minimum absolute atomic E-state index is 0.276. The van der Waals surface area contributed by atoms with Gasteiger partial charge in [0.05, 0.1) is 0 Å². The maximum Gasteiger partial charge on any atom is 0.186 e. The molecule has 0 amide bonds. The lowest BCUT2D eigenvalue weighted by atomic mass is 10.0. The van der Waals surface area contributed by atoms with Crippen molar-refractivity contribution < 1.29 is 0 Å². The third kappa shape index (κ3) is 4.08. The van der Waals surface area contributed by atoms with E-state index < -0.39 is 0 Å². The molecular formula is C11H15N3S. The Hall–Kier alpha value is -1.42. The van der Waals surface area contributed by atoms with Gasteiger partial charge in [-0.3, -0.25) is 5.43 Å². The van der Waals surface area contributed by atoms with Crippen molar-refractivity contribution in [2.45, 2.75) is 12.8 Å². The normalized spacial score (nSPS) is 12.4. The number of thiocarbonyl (C=S) groups is 1. The second kappa shape index (κ2) is 6.14. The highest BCUT2D eigenvalue weighted by atomic mass is 32.1. The van der Waals surface area contributed by atoms with Crippen molar-refractivity contribution in [2.24, 2.45) is 5.10 Å². The van der Waals surface area contributed by atoms with Gasteiger partial charge >= 0.3 is 0 Å². The first kappa shape index (κ1) is 11.7. The van der Waals surface area contributed by atoms with Gasteiger partial charge in [0.1, 0.15) is 0 Å². The van der Waals surface area contributed by atoms with Crippen molar-refractivity contribution in [3.8, 4) is 0 Å². The van der Waals surface area contributed by atoms with Crippen LogP contribution in [-0.4, -0.2) is 18.4 Å². The van der Waals surface area contributed by atoms with E-state index in [4.69, 9.17) is 12.2 Å². The average molecular weight is 221 g/mol. The van der Waals surface area contributed by atoms with Gasteiger partial charge in [-0.2, -0.15) is 5.10 Å². The highest BCUT2D eigenvalue weighted by Gasteiger charge is 1.99. The van der Waals surface area contributed by atoms with E-state index in [-0.39, 0.29) is 5.92 Å². The van der Waals surface area contributed by atoms with E-state index in [1.165, 1.54) is 5.56 Å². The largest absolute Gasteiger partial charge is 0.364 e. The molecule has 80 valence electrons. The molecule has 0 bridgehead atoms. The molecule has 4 heteroatoms. The third-order valence-electron chi connectivity index (χ3n) is 2.02. The number of hydrogen-bond acceptors (Lipinski definition) is 2. The lowest BCUT2D eigenvalue weighted by molar-refractivity contribution is 0.950. The van der Waals surface area contributed by atoms with Crippen LogP contribution in [-0.2, 0) is 0 Å². The fourth-order valence-corrected chi connectivity index (χ4v) is 1.16. The number of benzene rings is 1. The minimum Gasteiger partial charge on any atom is -0.364 e. The van der Waals surface area contributed by atoms with Crippen LogP contribution in [0.3, 0.4) is 0 Å². The van der Waals surface area contributed by atoms with Crippen molar-refractivity contribution in [3.05, 3.63) is 35.9 Å². The van der Waals surface area contributed by atoms with E-state index in [1.54, 1.807) is 7.05 Å². The number of nitrogens with one attached hydrogen (secondary N) is 2. The lowest BCUT2D eigenvalue weighted by Crippen LogP contribution is -2.28. The lowest BCUT2D eigenvalue weighted by Gasteiger charge is -2.05. The molecule has 15 heavy (non-hydrogen) atoms. The van der Waals surface area contributed by atoms with Gasteiger partial charge in [0.15, 0.2) is 5.11 Å². The van der Waals surface area contributed by atoms with E-state index in [0.717, 1.165) is 0 Å². The summed E-state index contributed by atoms with van der Waals surface area (Å²) in [6.07, 6.45) is 1.83. The predicted octanol–water partition coefficient (Wildman–Crippen LogP) is 1.87. The first-order chi connectivity index (χ1) is 7.24. The highest BCUT2D eigenvalue weighted by Crippen LogP contribution is 2.11. The van der Waals surface area contributed by atoms with E-state index in [1.807, 2.05) is 24.4 Å². The van der Waals surface area contributed by atoms with E-state index in [2.05, 4.69) is 34.9 Å². The Balaban J connectivity index is 2.49. The Morgan fingerprint density at radius 2 is 2.07 bits per heavy atom. The Bertz CT molecular complexity index is 335. The molecular weight excluding hydrogens is 206 g/mol. The zero-order valence-electron chi connectivity index (χ0n) is 8.90. The van der Waals surface area contributed by atoms with Gasteiger partial charge in [0.2, 0.25) is 0 Å². The summed E-state index contributed by atoms with van der Waals surface area (Å²) < 4.78 is 0. The summed E-state index contributed by atoms with van der Waals surface area (Å²) in [6.45, 7) is 2.09. The Morgan fingerprint density at radius 3 is 2.67 bits per heavy atom. The van der Waals surface area contributed by atoms with Crippen LogP contribution in [0.2, 0.25) is 0 Å².